The number of aryl methyl sites for hydroxylation is 1. The van der Waals surface area contributed by atoms with Crippen molar-refractivity contribution >= 4 is 22.9 Å². The van der Waals surface area contributed by atoms with Gasteiger partial charge in [0.05, 0.1) is 12.9 Å². The molecule has 0 unspecified atom stereocenters. The predicted octanol–water partition coefficient (Wildman–Crippen LogP) is 1.87. The number of nitrogens with zero attached hydrogens (tertiary/aromatic N) is 2. The van der Waals surface area contributed by atoms with Gasteiger partial charge >= 0.3 is 0 Å². The summed E-state index contributed by atoms with van der Waals surface area (Å²) in [6.45, 7) is 1.45. The number of furan rings is 1. The maximum atomic E-state index is 10.4. The Bertz CT molecular complexity index is 1020. The molecule has 3 heterocycles. The minimum atomic E-state index is -1.44. The number of hydrogen-bond acceptors (Lipinski definition) is 9. The Hall–Kier alpha value is -1.85. The molecule has 0 aliphatic carbocycles. The van der Waals surface area contributed by atoms with Crippen molar-refractivity contribution in [2.24, 2.45) is 0 Å². The molecule has 10 heteroatoms. The average molecular weight is 453 g/mol. The van der Waals surface area contributed by atoms with Crippen LogP contribution in [0.4, 0.5) is 0 Å². The summed E-state index contributed by atoms with van der Waals surface area (Å²) in [6, 6.07) is 6.97. The van der Waals surface area contributed by atoms with Crippen molar-refractivity contribution in [1.29, 1.82) is 0 Å². The van der Waals surface area contributed by atoms with Crippen LogP contribution < -0.4 is 0 Å². The minimum absolute atomic E-state index is 0.404. The van der Waals surface area contributed by atoms with Gasteiger partial charge in [-0.3, -0.25) is 0 Å². The van der Waals surface area contributed by atoms with E-state index in [-0.39, 0.29) is 0 Å². The lowest BCUT2D eigenvalue weighted by molar-refractivity contribution is -0.231. The number of halogens is 1. The highest BCUT2D eigenvalue weighted by Crippen LogP contribution is 2.35. The van der Waals surface area contributed by atoms with Gasteiger partial charge in [-0.25, -0.2) is 0 Å². The smallest absolute Gasteiger partial charge is 0.183 e. The number of aromatic nitrogens is 2. The van der Waals surface area contributed by atoms with Gasteiger partial charge < -0.3 is 29.6 Å². The van der Waals surface area contributed by atoms with Gasteiger partial charge in [0, 0.05) is 11.4 Å². The lowest BCUT2D eigenvalue weighted by Crippen LogP contribution is -2.55. The highest BCUT2D eigenvalue weighted by molar-refractivity contribution is 7.14. The Labute approximate surface area is 181 Å². The molecule has 1 aliphatic heterocycles. The van der Waals surface area contributed by atoms with E-state index in [2.05, 4.69) is 10.2 Å². The molecule has 4 N–H and O–H groups in total. The molecule has 0 amide bonds. The molecule has 30 heavy (non-hydrogen) atoms. The lowest BCUT2D eigenvalue weighted by Gasteiger charge is -2.40. The number of benzene rings is 1. The number of rotatable bonds is 5. The fraction of sp³-hybridized carbons (Fsp3) is 0.400. The van der Waals surface area contributed by atoms with Gasteiger partial charge in [-0.05, 0) is 35.7 Å². The number of hydrogen-bond donors (Lipinski definition) is 4. The van der Waals surface area contributed by atoms with E-state index >= 15 is 0 Å². The minimum Gasteiger partial charge on any atom is -0.461 e. The van der Waals surface area contributed by atoms with Gasteiger partial charge in [-0.2, -0.15) is 0 Å². The molecular formula is C20H21ClN2O6S. The molecular weight excluding hydrogens is 432 g/mol. The third-order valence-corrected chi connectivity index (χ3v) is 6.45. The fourth-order valence-electron chi connectivity index (χ4n) is 3.46. The standard InChI is InChI=1S/C20H21ClN2O6S/c1-9-4-5-28-18(9)20-23-22-14(30-20)7-11-6-10(2-3-12(11)21)19-17(27)16(26)15(25)13(8-24)29-19/h2-6,13,15-17,19,24-27H,7-8H2,1H3/t13-,15-,16+,17-,19+/m1/s1. The predicted molar refractivity (Wildman–Crippen MR) is 109 cm³/mol. The summed E-state index contributed by atoms with van der Waals surface area (Å²) < 4.78 is 11.1. The van der Waals surface area contributed by atoms with Crippen LogP contribution in [0, 0.1) is 6.92 Å². The molecule has 0 radical (unpaired) electrons. The third kappa shape index (κ3) is 4.02. The fourth-order valence-corrected chi connectivity index (χ4v) is 4.56. The van der Waals surface area contributed by atoms with E-state index in [0.717, 1.165) is 16.1 Å². The summed E-state index contributed by atoms with van der Waals surface area (Å²) in [4.78, 5) is 0. The van der Waals surface area contributed by atoms with Crippen molar-refractivity contribution in [1.82, 2.24) is 10.2 Å². The van der Waals surface area contributed by atoms with Gasteiger partial charge in [0.2, 0.25) is 0 Å². The van der Waals surface area contributed by atoms with Crippen LogP contribution in [0.3, 0.4) is 0 Å². The molecule has 0 saturated carbocycles. The van der Waals surface area contributed by atoms with Crippen LogP contribution in [0.15, 0.2) is 34.9 Å². The van der Waals surface area contributed by atoms with Crippen LogP contribution in [0.25, 0.3) is 10.8 Å². The van der Waals surface area contributed by atoms with Crippen LogP contribution in [0.5, 0.6) is 0 Å². The highest BCUT2D eigenvalue weighted by Gasteiger charge is 2.44. The van der Waals surface area contributed by atoms with Crippen molar-refractivity contribution in [3.8, 4) is 10.8 Å². The van der Waals surface area contributed by atoms with E-state index in [1.54, 1.807) is 24.5 Å². The zero-order chi connectivity index (χ0) is 21.4. The maximum Gasteiger partial charge on any atom is 0.183 e. The van der Waals surface area contributed by atoms with Crippen LogP contribution in [-0.2, 0) is 11.2 Å². The second kappa shape index (κ2) is 8.72. The van der Waals surface area contributed by atoms with E-state index in [4.69, 9.17) is 20.8 Å². The molecule has 1 saturated heterocycles. The van der Waals surface area contributed by atoms with Gasteiger partial charge in [-0.15, -0.1) is 10.2 Å². The highest BCUT2D eigenvalue weighted by atomic mass is 35.5. The molecule has 8 nitrogen and oxygen atoms in total. The monoisotopic (exact) mass is 452 g/mol. The lowest BCUT2D eigenvalue weighted by atomic mass is 9.90. The molecule has 1 aromatic carbocycles. The van der Waals surface area contributed by atoms with Crippen LogP contribution >= 0.6 is 22.9 Å². The van der Waals surface area contributed by atoms with E-state index in [9.17, 15) is 20.4 Å². The van der Waals surface area contributed by atoms with E-state index < -0.39 is 37.1 Å². The quantitative estimate of drug-likeness (QED) is 0.461. The summed E-state index contributed by atoms with van der Waals surface area (Å²) in [5, 5.41) is 50.1. The Kier molecular flexibility index (Phi) is 6.21. The zero-order valence-electron chi connectivity index (χ0n) is 16.0. The number of aliphatic hydroxyl groups is 4. The zero-order valence-corrected chi connectivity index (χ0v) is 17.5. The second-order valence-corrected chi connectivity index (χ2v) is 8.68. The summed E-state index contributed by atoms with van der Waals surface area (Å²) in [6.07, 6.45) is -4.09. The summed E-state index contributed by atoms with van der Waals surface area (Å²) >= 11 is 7.76. The van der Waals surface area contributed by atoms with Crippen LogP contribution in [0.2, 0.25) is 5.02 Å². The normalized spacial score (nSPS) is 26.8. The Balaban J connectivity index is 1.58. The molecule has 160 valence electrons. The Morgan fingerprint density at radius 2 is 1.90 bits per heavy atom. The van der Waals surface area contributed by atoms with Crippen LogP contribution in [0.1, 0.15) is 27.8 Å². The number of aliphatic hydroxyl groups excluding tert-OH is 4. The van der Waals surface area contributed by atoms with Gasteiger partial charge in [0.1, 0.15) is 35.5 Å². The first-order valence-electron chi connectivity index (χ1n) is 9.34. The molecule has 0 bridgehead atoms. The molecule has 1 fully saturated rings. The largest absolute Gasteiger partial charge is 0.461 e. The van der Waals surface area contributed by atoms with Crippen molar-refractivity contribution in [2.45, 2.75) is 43.9 Å². The van der Waals surface area contributed by atoms with Crippen molar-refractivity contribution in [3.63, 3.8) is 0 Å². The first kappa shape index (κ1) is 21.4. The molecule has 5 atom stereocenters. The maximum absolute atomic E-state index is 10.4. The van der Waals surface area contributed by atoms with Gasteiger partial charge in [0.25, 0.3) is 0 Å². The summed E-state index contributed by atoms with van der Waals surface area (Å²) in [5.74, 6) is 0.680. The molecule has 1 aliphatic rings. The summed E-state index contributed by atoms with van der Waals surface area (Å²) in [7, 11) is 0. The molecule has 3 aromatic rings. The first-order chi connectivity index (χ1) is 14.4. The van der Waals surface area contributed by atoms with Crippen molar-refractivity contribution in [2.75, 3.05) is 6.61 Å². The third-order valence-electron chi connectivity index (χ3n) is 5.16. The van der Waals surface area contributed by atoms with E-state index in [1.165, 1.54) is 11.3 Å². The van der Waals surface area contributed by atoms with E-state index in [0.29, 0.717) is 27.8 Å². The molecule has 4 rings (SSSR count). The first-order valence-corrected chi connectivity index (χ1v) is 10.5. The van der Waals surface area contributed by atoms with Crippen molar-refractivity contribution in [3.05, 3.63) is 57.2 Å². The SMILES string of the molecule is Cc1ccoc1-c1nnc(Cc2cc([C@@H]3O[C@H](CO)[C@@H](O)[C@H](O)[C@H]3O)ccc2Cl)s1. The second-order valence-electron chi connectivity index (χ2n) is 7.21. The summed E-state index contributed by atoms with van der Waals surface area (Å²) in [5.41, 5.74) is 2.28. The van der Waals surface area contributed by atoms with Gasteiger partial charge in [0.15, 0.2) is 10.8 Å². The Morgan fingerprint density at radius 3 is 2.60 bits per heavy atom. The van der Waals surface area contributed by atoms with E-state index in [1.807, 2.05) is 13.0 Å². The molecule has 0 spiro atoms. The average Bonchev–Trinajstić information content (AvgIpc) is 3.37. The number of ether oxygens (including phenoxy) is 1. The topological polar surface area (TPSA) is 129 Å². The molecule has 2 aromatic heterocycles. The van der Waals surface area contributed by atoms with Crippen molar-refractivity contribution < 1.29 is 29.6 Å². The van der Waals surface area contributed by atoms with Gasteiger partial charge in [-0.1, -0.05) is 35.1 Å². The Morgan fingerprint density at radius 1 is 1.10 bits per heavy atom. The van der Waals surface area contributed by atoms with Crippen LogP contribution in [-0.4, -0.2) is 61.6 Å².